The molecule has 1 nitrogen and oxygen atoms in total. The molecule has 0 radical (unpaired) electrons. The Morgan fingerprint density at radius 2 is 2.00 bits per heavy atom. The SMILES string of the molecule is CCCCCCN1CCS(=S)(=S)C1. The standard InChI is InChI=1S/C9H19NS3/c1-2-3-4-5-6-10-7-8-13(11,12)9-10/h2-9H2,1H3. The Labute approximate surface area is 91.7 Å². The lowest BCUT2D eigenvalue weighted by atomic mass is 10.2. The third kappa shape index (κ3) is 4.68. The lowest BCUT2D eigenvalue weighted by Gasteiger charge is -2.13. The highest BCUT2D eigenvalue weighted by Crippen LogP contribution is 2.10. The summed E-state index contributed by atoms with van der Waals surface area (Å²) in [5.74, 6) is 2.13. The van der Waals surface area contributed by atoms with E-state index in [-0.39, 0.29) is 0 Å². The van der Waals surface area contributed by atoms with Crippen LogP contribution in [0.3, 0.4) is 0 Å². The fourth-order valence-electron chi connectivity index (χ4n) is 1.61. The van der Waals surface area contributed by atoms with Crippen LogP contribution in [0.5, 0.6) is 0 Å². The predicted octanol–water partition coefficient (Wildman–Crippen LogP) is 1.92. The van der Waals surface area contributed by atoms with Crippen molar-refractivity contribution in [2.24, 2.45) is 0 Å². The summed E-state index contributed by atoms with van der Waals surface area (Å²) in [6.07, 6.45) is 5.38. The van der Waals surface area contributed by atoms with E-state index < -0.39 is 7.15 Å². The Morgan fingerprint density at radius 1 is 1.23 bits per heavy atom. The van der Waals surface area contributed by atoms with E-state index in [9.17, 15) is 0 Å². The van der Waals surface area contributed by atoms with E-state index in [1.807, 2.05) is 0 Å². The lowest BCUT2D eigenvalue weighted by Crippen LogP contribution is -2.21. The van der Waals surface area contributed by atoms with Crippen LogP contribution in [0.25, 0.3) is 0 Å². The molecule has 0 N–H and O–H groups in total. The number of hydrogen-bond acceptors (Lipinski definition) is 3. The first kappa shape index (κ1) is 11.8. The minimum atomic E-state index is -1.05. The predicted molar refractivity (Wildman–Crippen MR) is 67.5 cm³/mol. The second kappa shape index (κ2) is 5.59. The molecule has 0 unspecified atom stereocenters. The summed E-state index contributed by atoms with van der Waals surface area (Å²) in [5.41, 5.74) is 0. The minimum Gasteiger partial charge on any atom is -0.293 e. The van der Waals surface area contributed by atoms with Crippen LogP contribution < -0.4 is 0 Å². The van der Waals surface area contributed by atoms with E-state index in [4.69, 9.17) is 22.4 Å². The summed E-state index contributed by atoms with van der Waals surface area (Å²) in [6.45, 7) is 4.63. The van der Waals surface area contributed by atoms with E-state index in [2.05, 4.69) is 11.8 Å². The molecule has 0 saturated carbocycles. The van der Waals surface area contributed by atoms with Crippen LogP contribution in [0.15, 0.2) is 0 Å². The van der Waals surface area contributed by atoms with Gasteiger partial charge < -0.3 is 0 Å². The van der Waals surface area contributed by atoms with Gasteiger partial charge in [0.15, 0.2) is 0 Å². The van der Waals surface area contributed by atoms with Crippen molar-refractivity contribution in [1.82, 2.24) is 4.90 Å². The molecule has 0 aromatic heterocycles. The fraction of sp³-hybridized carbons (Fsp3) is 1.00. The summed E-state index contributed by atoms with van der Waals surface area (Å²) in [7, 11) is -1.05. The fourth-order valence-corrected chi connectivity index (χ4v) is 4.44. The van der Waals surface area contributed by atoms with E-state index in [0.29, 0.717) is 0 Å². The summed E-state index contributed by atoms with van der Waals surface area (Å²) in [6, 6.07) is 0. The molecule has 1 rings (SSSR count). The quantitative estimate of drug-likeness (QED) is 0.673. The molecule has 0 atom stereocenters. The van der Waals surface area contributed by atoms with Gasteiger partial charge >= 0.3 is 0 Å². The topological polar surface area (TPSA) is 3.24 Å². The van der Waals surface area contributed by atoms with E-state index in [0.717, 1.165) is 18.2 Å². The summed E-state index contributed by atoms with van der Waals surface area (Å²) in [5, 5.41) is 0. The van der Waals surface area contributed by atoms with Crippen LogP contribution in [-0.4, -0.2) is 29.6 Å². The molecule has 0 aromatic rings. The molecule has 0 aromatic carbocycles. The van der Waals surface area contributed by atoms with Crippen molar-refractivity contribution in [2.75, 3.05) is 24.7 Å². The van der Waals surface area contributed by atoms with Crippen molar-refractivity contribution in [3.63, 3.8) is 0 Å². The maximum Gasteiger partial charge on any atom is 0.0532 e. The highest BCUT2D eigenvalue weighted by atomic mass is 33.1. The van der Waals surface area contributed by atoms with Crippen LogP contribution in [0.4, 0.5) is 0 Å². The normalized spacial score (nSPS) is 22.2. The molecule has 0 amide bonds. The molecule has 1 heterocycles. The van der Waals surface area contributed by atoms with Crippen molar-refractivity contribution in [3.8, 4) is 0 Å². The Morgan fingerprint density at radius 3 is 2.54 bits per heavy atom. The lowest BCUT2D eigenvalue weighted by molar-refractivity contribution is 0.344. The third-order valence-electron chi connectivity index (χ3n) is 2.43. The number of unbranched alkanes of at least 4 members (excludes halogenated alkanes) is 3. The molecule has 0 aliphatic carbocycles. The van der Waals surface area contributed by atoms with Gasteiger partial charge in [-0.25, -0.2) is 0 Å². The molecule has 0 bridgehead atoms. The zero-order valence-electron chi connectivity index (χ0n) is 8.33. The first-order valence-corrected chi connectivity index (χ1v) is 8.89. The molecular weight excluding hydrogens is 218 g/mol. The maximum atomic E-state index is 5.34. The van der Waals surface area contributed by atoms with Gasteiger partial charge in [-0.15, -0.1) is 0 Å². The van der Waals surface area contributed by atoms with E-state index in [1.54, 1.807) is 0 Å². The number of rotatable bonds is 5. The zero-order valence-corrected chi connectivity index (χ0v) is 10.8. The van der Waals surface area contributed by atoms with Crippen molar-refractivity contribution in [2.45, 2.75) is 32.6 Å². The Kier molecular flexibility index (Phi) is 5.08. The van der Waals surface area contributed by atoms with Gasteiger partial charge in [-0.05, 0) is 35.3 Å². The maximum absolute atomic E-state index is 5.34. The summed E-state index contributed by atoms with van der Waals surface area (Å²) in [4.78, 5) is 2.46. The van der Waals surface area contributed by atoms with E-state index in [1.165, 1.54) is 32.2 Å². The molecule has 1 fully saturated rings. The van der Waals surface area contributed by atoms with E-state index >= 15 is 0 Å². The van der Waals surface area contributed by atoms with Crippen molar-refractivity contribution < 1.29 is 0 Å². The largest absolute Gasteiger partial charge is 0.293 e. The van der Waals surface area contributed by atoms with Crippen LogP contribution >= 0.6 is 0 Å². The van der Waals surface area contributed by atoms with Crippen LogP contribution in [0, 0.1) is 0 Å². The highest BCUT2D eigenvalue weighted by Gasteiger charge is 2.18. The Hall–Kier alpha value is 0.750. The molecule has 4 heteroatoms. The second-order valence-electron chi connectivity index (χ2n) is 3.76. The first-order valence-electron chi connectivity index (χ1n) is 5.07. The molecule has 0 spiro atoms. The smallest absolute Gasteiger partial charge is 0.0532 e. The van der Waals surface area contributed by atoms with Gasteiger partial charge in [-0.3, -0.25) is 4.90 Å². The van der Waals surface area contributed by atoms with Crippen molar-refractivity contribution in [1.29, 1.82) is 0 Å². The van der Waals surface area contributed by atoms with Gasteiger partial charge in [0.05, 0.1) is 5.88 Å². The molecule has 1 saturated heterocycles. The average Bonchev–Trinajstić information content (AvgIpc) is 2.40. The van der Waals surface area contributed by atoms with Gasteiger partial charge in [0, 0.05) is 12.3 Å². The molecule has 78 valence electrons. The van der Waals surface area contributed by atoms with Crippen LogP contribution in [-0.2, 0) is 29.5 Å². The highest BCUT2D eigenvalue weighted by molar-refractivity contribution is 8.56. The van der Waals surface area contributed by atoms with Crippen LogP contribution in [0.2, 0.25) is 0 Å². The monoisotopic (exact) mass is 237 g/mol. The number of hydrogen-bond donors (Lipinski definition) is 0. The van der Waals surface area contributed by atoms with Gasteiger partial charge in [0.25, 0.3) is 0 Å². The molecule has 1 aliphatic rings. The molecule has 1 aliphatic heterocycles. The minimum absolute atomic E-state index is 1.03. The second-order valence-corrected chi connectivity index (χ2v) is 10.4. The zero-order chi connectivity index (χ0) is 9.73. The summed E-state index contributed by atoms with van der Waals surface area (Å²) < 4.78 is 0. The number of nitrogens with zero attached hydrogens (tertiary/aromatic N) is 1. The Balaban J connectivity index is 2.11. The Bertz CT molecular complexity index is 233. The first-order chi connectivity index (χ1) is 6.14. The van der Waals surface area contributed by atoms with Crippen molar-refractivity contribution >= 4 is 29.5 Å². The molecule has 13 heavy (non-hydrogen) atoms. The van der Waals surface area contributed by atoms with Gasteiger partial charge in [0.1, 0.15) is 0 Å². The third-order valence-corrected chi connectivity index (χ3v) is 5.62. The van der Waals surface area contributed by atoms with Gasteiger partial charge in [0.2, 0.25) is 0 Å². The van der Waals surface area contributed by atoms with Crippen molar-refractivity contribution in [3.05, 3.63) is 0 Å². The summed E-state index contributed by atoms with van der Waals surface area (Å²) >= 11 is 10.7. The average molecular weight is 237 g/mol. The molecular formula is C9H19NS3. The van der Waals surface area contributed by atoms with Gasteiger partial charge in [-0.2, -0.15) is 0 Å². The van der Waals surface area contributed by atoms with Crippen LogP contribution in [0.1, 0.15) is 32.6 Å². The van der Waals surface area contributed by atoms with Gasteiger partial charge in [-0.1, -0.05) is 33.3 Å².